The van der Waals surface area contributed by atoms with E-state index in [4.69, 9.17) is 4.74 Å². The van der Waals surface area contributed by atoms with Crippen LogP contribution in [-0.2, 0) is 27.1 Å². The first-order valence-electron chi connectivity index (χ1n) is 10.0. The molecule has 1 heterocycles. The molecule has 2 aromatic rings. The minimum absolute atomic E-state index is 0.0187. The van der Waals surface area contributed by atoms with Crippen molar-refractivity contribution in [3.8, 4) is 0 Å². The monoisotopic (exact) mass is 466 g/mol. The van der Waals surface area contributed by atoms with E-state index in [-0.39, 0.29) is 25.4 Å². The highest BCUT2D eigenvalue weighted by Gasteiger charge is 2.35. The Kier molecular flexibility index (Phi) is 7.19. The molecule has 0 unspecified atom stereocenters. The van der Waals surface area contributed by atoms with Crippen LogP contribution in [0.3, 0.4) is 0 Å². The number of nitro benzene ring substituents is 1. The second-order valence-corrected chi connectivity index (χ2v) is 7.52. The van der Waals surface area contributed by atoms with E-state index in [1.807, 2.05) is 0 Å². The van der Waals surface area contributed by atoms with Gasteiger partial charge < -0.3 is 14.4 Å². The number of carbonyl (C=O) groups is 2. The van der Waals surface area contributed by atoms with Gasteiger partial charge in [0.05, 0.1) is 29.1 Å². The number of methoxy groups -OCH3 is 1. The molecule has 0 aromatic heterocycles. The van der Waals surface area contributed by atoms with E-state index in [0.717, 1.165) is 12.1 Å². The Morgan fingerprint density at radius 3 is 2.30 bits per heavy atom. The van der Waals surface area contributed by atoms with Crippen LogP contribution in [-0.4, -0.2) is 37.1 Å². The molecule has 11 heteroatoms. The summed E-state index contributed by atoms with van der Waals surface area (Å²) in [5.41, 5.74) is -0.561. The summed E-state index contributed by atoms with van der Waals surface area (Å²) in [4.78, 5) is 36.0. The number of hydrogen-bond donors (Lipinski definition) is 0. The van der Waals surface area contributed by atoms with Gasteiger partial charge in [-0.1, -0.05) is 12.1 Å². The zero-order chi connectivity index (χ0) is 24.2. The van der Waals surface area contributed by atoms with Gasteiger partial charge in [-0.15, -0.1) is 0 Å². The van der Waals surface area contributed by atoms with Crippen molar-refractivity contribution >= 4 is 23.3 Å². The number of carbonyl (C=O) groups excluding carboxylic acids is 2. The van der Waals surface area contributed by atoms with Gasteiger partial charge in [0.25, 0.3) is 5.69 Å². The first-order chi connectivity index (χ1) is 15.6. The molecule has 0 amide bonds. The number of nitro groups is 1. The molecule has 0 aliphatic carbocycles. The Morgan fingerprint density at radius 2 is 1.76 bits per heavy atom. The zero-order valence-electron chi connectivity index (χ0n) is 17.6. The lowest BCUT2D eigenvalue weighted by Gasteiger charge is -2.32. The summed E-state index contributed by atoms with van der Waals surface area (Å²) in [6.45, 7) is 0.546. The Balaban J connectivity index is 1.58. The fourth-order valence-electron chi connectivity index (χ4n) is 3.60. The second kappa shape index (κ2) is 9.88. The van der Waals surface area contributed by atoms with E-state index in [1.165, 1.54) is 7.11 Å². The van der Waals surface area contributed by atoms with Crippen molar-refractivity contribution < 1.29 is 37.2 Å². The van der Waals surface area contributed by atoms with Crippen molar-refractivity contribution in [1.29, 1.82) is 0 Å². The maximum Gasteiger partial charge on any atom is 0.416 e. The van der Waals surface area contributed by atoms with Crippen molar-refractivity contribution in [3.05, 3.63) is 69.3 Å². The van der Waals surface area contributed by atoms with Gasteiger partial charge in [0.15, 0.2) is 0 Å². The lowest BCUT2D eigenvalue weighted by molar-refractivity contribution is -0.384. The topological polar surface area (TPSA) is 99.0 Å². The average Bonchev–Trinajstić information content (AvgIpc) is 2.81. The largest absolute Gasteiger partial charge is 0.465 e. The van der Waals surface area contributed by atoms with Gasteiger partial charge in [-0.3, -0.25) is 14.9 Å². The fraction of sp³-hybridized carbons (Fsp3) is 0.364. The number of anilines is 1. The summed E-state index contributed by atoms with van der Waals surface area (Å²) in [6.07, 6.45) is -3.99. The summed E-state index contributed by atoms with van der Waals surface area (Å²) < 4.78 is 48.7. The molecule has 0 N–H and O–H groups in total. The molecule has 1 fully saturated rings. The molecule has 8 nitrogen and oxygen atoms in total. The van der Waals surface area contributed by atoms with Gasteiger partial charge >= 0.3 is 18.1 Å². The average molecular weight is 466 g/mol. The summed E-state index contributed by atoms with van der Waals surface area (Å²) in [5.74, 6) is -1.32. The molecule has 0 atom stereocenters. The molecule has 2 aromatic carbocycles. The number of benzene rings is 2. The standard InChI is InChI=1S/C22H21F3N2O6/c1-32-20(28)15-4-2-14(3-5-15)13-33-21(29)16-8-10-26(11-9-16)18-7-6-17(22(23,24)25)12-19(18)27(30)31/h2-7,12,16H,8-11,13H2,1H3. The molecule has 1 aliphatic heterocycles. The van der Waals surface area contributed by atoms with Crippen molar-refractivity contribution in [2.75, 3.05) is 25.1 Å². The van der Waals surface area contributed by atoms with Crippen molar-refractivity contribution in [3.63, 3.8) is 0 Å². The van der Waals surface area contributed by atoms with Crippen LogP contribution in [0, 0.1) is 16.0 Å². The lowest BCUT2D eigenvalue weighted by Crippen LogP contribution is -2.37. The minimum atomic E-state index is -4.68. The number of esters is 2. The van der Waals surface area contributed by atoms with Crippen LogP contribution >= 0.6 is 0 Å². The van der Waals surface area contributed by atoms with Gasteiger partial charge in [-0.05, 0) is 42.7 Å². The molecule has 1 aliphatic rings. The quantitative estimate of drug-likeness (QED) is 0.354. The number of piperidine rings is 1. The highest BCUT2D eigenvalue weighted by atomic mass is 19.4. The summed E-state index contributed by atoms with van der Waals surface area (Å²) in [6, 6.07) is 8.85. The second-order valence-electron chi connectivity index (χ2n) is 7.52. The molecule has 33 heavy (non-hydrogen) atoms. The third-order valence-corrected chi connectivity index (χ3v) is 5.42. The summed E-state index contributed by atoms with van der Waals surface area (Å²) in [7, 11) is 1.28. The lowest BCUT2D eigenvalue weighted by atomic mass is 9.96. The van der Waals surface area contributed by atoms with Crippen molar-refractivity contribution in [2.45, 2.75) is 25.6 Å². The molecule has 176 valence electrons. The van der Waals surface area contributed by atoms with Crippen LogP contribution in [0.4, 0.5) is 24.5 Å². The third kappa shape index (κ3) is 5.79. The van der Waals surface area contributed by atoms with Gasteiger partial charge in [-0.25, -0.2) is 4.79 Å². The SMILES string of the molecule is COC(=O)c1ccc(COC(=O)C2CCN(c3ccc(C(F)(F)F)cc3[N+](=O)[O-])CC2)cc1. The number of ether oxygens (including phenoxy) is 2. The van der Waals surface area contributed by atoms with E-state index >= 15 is 0 Å². The van der Waals surface area contributed by atoms with E-state index in [0.29, 0.717) is 30.0 Å². The first kappa shape index (κ1) is 24.0. The van der Waals surface area contributed by atoms with Gasteiger partial charge in [0, 0.05) is 19.2 Å². The fourth-order valence-corrected chi connectivity index (χ4v) is 3.60. The molecule has 1 saturated heterocycles. The number of alkyl halides is 3. The molecule has 0 saturated carbocycles. The van der Waals surface area contributed by atoms with E-state index < -0.39 is 40.2 Å². The van der Waals surface area contributed by atoms with Crippen LogP contribution in [0.5, 0.6) is 0 Å². The number of halogens is 3. The van der Waals surface area contributed by atoms with Gasteiger partial charge in [-0.2, -0.15) is 13.2 Å². The minimum Gasteiger partial charge on any atom is -0.465 e. The van der Waals surface area contributed by atoms with Gasteiger partial charge in [0.2, 0.25) is 0 Å². The Labute approximate surface area is 187 Å². The highest BCUT2D eigenvalue weighted by Crippen LogP contribution is 2.37. The van der Waals surface area contributed by atoms with E-state index in [9.17, 15) is 32.9 Å². The predicted molar refractivity (Wildman–Crippen MR) is 111 cm³/mol. The molecular weight excluding hydrogens is 445 g/mol. The van der Waals surface area contributed by atoms with Crippen LogP contribution < -0.4 is 4.90 Å². The smallest absolute Gasteiger partial charge is 0.416 e. The summed E-state index contributed by atoms with van der Waals surface area (Å²) >= 11 is 0. The predicted octanol–water partition coefficient (Wildman–Crippen LogP) is 4.36. The maximum atomic E-state index is 12.9. The molecule has 3 rings (SSSR count). The highest BCUT2D eigenvalue weighted by molar-refractivity contribution is 5.89. The van der Waals surface area contributed by atoms with Gasteiger partial charge in [0.1, 0.15) is 12.3 Å². The number of nitrogens with zero attached hydrogens (tertiary/aromatic N) is 2. The Morgan fingerprint density at radius 1 is 1.12 bits per heavy atom. The molecule has 0 spiro atoms. The Bertz CT molecular complexity index is 1030. The molecular formula is C22H21F3N2O6. The Hall–Kier alpha value is -3.63. The summed E-state index contributed by atoms with van der Waals surface area (Å²) in [5, 5.41) is 11.3. The zero-order valence-corrected chi connectivity index (χ0v) is 17.6. The van der Waals surface area contributed by atoms with Crippen LogP contribution in [0.15, 0.2) is 42.5 Å². The normalized spacial score (nSPS) is 14.6. The van der Waals surface area contributed by atoms with E-state index in [1.54, 1.807) is 29.2 Å². The first-order valence-corrected chi connectivity index (χ1v) is 10.0. The molecule has 0 bridgehead atoms. The van der Waals surface area contributed by atoms with Crippen LogP contribution in [0.25, 0.3) is 0 Å². The molecule has 0 radical (unpaired) electrons. The van der Waals surface area contributed by atoms with Crippen molar-refractivity contribution in [1.82, 2.24) is 0 Å². The number of rotatable bonds is 6. The number of hydrogen-bond acceptors (Lipinski definition) is 7. The van der Waals surface area contributed by atoms with Crippen LogP contribution in [0.1, 0.15) is 34.3 Å². The third-order valence-electron chi connectivity index (χ3n) is 5.42. The van der Waals surface area contributed by atoms with Crippen molar-refractivity contribution in [2.24, 2.45) is 5.92 Å². The maximum absolute atomic E-state index is 12.9. The van der Waals surface area contributed by atoms with Crippen LogP contribution in [0.2, 0.25) is 0 Å². The van der Waals surface area contributed by atoms with E-state index in [2.05, 4.69) is 4.74 Å².